The van der Waals surface area contributed by atoms with Crippen molar-refractivity contribution in [3.8, 4) is 0 Å². The second kappa shape index (κ2) is 6.06. The maximum Gasteiger partial charge on any atom is 0.135 e. The summed E-state index contributed by atoms with van der Waals surface area (Å²) in [5.74, 6) is 0. The molecule has 0 fully saturated rings. The summed E-state index contributed by atoms with van der Waals surface area (Å²) in [6, 6.07) is 17.2. The van der Waals surface area contributed by atoms with Gasteiger partial charge in [0.25, 0.3) is 0 Å². The number of β-amino-alcohol motifs (C(OH)–C–C–N with tert-alkyl or cyclic N) is 1. The summed E-state index contributed by atoms with van der Waals surface area (Å²) in [4.78, 5) is 2.44. The van der Waals surface area contributed by atoms with E-state index in [2.05, 4.69) is 61.7 Å². The van der Waals surface area contributed by atoms with E-state index in [0.717, 1.165) is 11.6 Å². The Balaban J connectivity index is 2.23. The van der Waals surface area contributed by atoms with Gasteiger partial charge in [0.05, 0.1) is 6.61 Å². The van der Waals surface area contributed by atoms with Crippen LogP contribution in [0.15, 0.2) is 48.5 Å². The number of nitrogens with zero attached hydrogens (tertiary/aromatic N) is 1. The SMILES string of the molecule is CC1(C)N(CCO)Cc2ccccc2[Si]1(C)c1ccc(Cl)cc1. The lowest BCUT2D eigenvalue weighted by Gasteiger charge is -2.54. The van der Waals surface area contributed by atoms with Gasteiger partial charge in [0.15, 0.2) is 0 Å². The molecule has 0 saturated heterocycles. The predicted octanol–water partition coefficient (Wildman–Crippen LogP) is 2.66. The molecule has 3 rings (SSSR count). The van der Waals surface area contributed by atoms with E-state index in [0.29, 0.717) is 6.54 Å². The number of aliphatic hydroxyl groups excluding tert-OH is 1. The third kappa shape index (κ3) is 2.56. The molecule has 0 aromatic heterocycles. The Kier molecular flexibility index (Phi) is 4.40. The number of hydrogen-bond acceptors (Lipinski definition) is 2. The first-order valence-electron chi connectivity index (χ1n) is 8.11. The Bertz CT molecular complexity index is 701. The van der Waals surface area contributed by atoms with Crippen LogP contribution in [0.4, 0.5) is 0 Å². The van der Waals surface area contributed by atoms with E-state index in [4.69, 9.17) is 11.6 Å². The van der Waals surface area contributed by atoms with E-state index in [1.165, 1.54) is 15.9 Å². The summed E-state index contributed by atoms with van der Waals surface area (Å²) in [7, 11) is -2.03. The lowest BCUT2D eigenvalue weighted by atomic mass is 10.1. The minimum absolute atomic E-state index is 0.0118. The third-order valence-electron chi connectivity index (χ3n) is 5.72. The standard InChI is InChI=1S/C19H24ClNOSi/c1-19(2)21(12-13-22)14-15-6-4-5-7-18(15)23(19,3)17-10-8-16(20)9-11-17/h4-11,22H,12-14H2,1-3H3. The van der Waals surface area contributed by atoms with Crippen molar-refractivity contribution in [1.29, 1.82) is 0 Å². The maximum atomic E-state index is 9.53. The molecule has 23 heavy (non-hydrogen) atoms. The molecule has 0 aliphatic carbocycles. The summed E-state index contributed by atoms with van der Waals surface area (Å²) >= 11 is 6.12. The van der Waals surface area contributed by atoms with Gasteiger partial charge in [-0.1, -0.05) is 59.7 Å². The molecule has 1 unspecified atom stereocenters. The van der Waals surface area contributed by atoms with Gasteiger partial charge in [-0.05, 0) is 36.7 Å². The van der Waals surface area contributed by atoms with Crippen molar-refractivity contribution in [2.75, 3.05) is 13.2 Å². The molecule has 2 nitrogen and oxygen atoms in total. The number of rotatable bonds is 3. The highest BCUT2D eigenvalue weighted by atomic mass is 35.5. The van der Waals surface area contributed by atoms with Crippen LogP contribution in [0.2, 0.25) is 11.6 Å². The number of hydrogen-bond donors (Lipinski definition) is 1. The van der Waals surface area contributed by atoms with Crippen LogP contribution < -0.4 is 10.4 Å². The number of fused-ring (bicyclic) bond motifs is 1. The van der Waals surface area contributed by atoms with Gasteiger partial charge in [0.2, 0.25) is 0 Å². The fourth-order valence-electron chi connectivity index (χ4n) is 3.97. The van der Waals surface area contributed by atoms with Crippen molar-refractivity contribution in [1.82, 2.24) is 4.90 Å². The van der Waals surface area contributed by atoms with Crippen molar-refractivity contribution in [3.05, 3.63) is 59.1 Å². The summed E-state index contributed by atoms with van der Waals surface area (Å²) in [6.07, 6.45) is 0. The number of halogens is 1. The second-order valence-electron chi connectivity index (χ2n) is 6.99. The van der Waals surface area contributed by atoms with Crippen LogP contribution in [0.25, 0.3) is 0 Å². The quantitative estimate of drug-likeness (QED) is 0.864. The molecule has 1 aliphatic heterocycles. The monoisotopic (exact) mass is 345 g/mol. The largest absolute Gasteiger partial charge is 0.395 e. The molecule has 1 heterocycles. The molecule has 1 atom stereocenters. The van der Waals surface area contributed by atoms with Crippen molar-refractivity contribution >= 4 is 30.0 Å². The third-order valence-corrected chi connectivity index (χ3v) is 11.8. The molecule has 2 aromatic carbocycles. The first-order valence-corrected chi connectivity index (χ1v) is 11.0. The van der Waals surface area contributed by atoms with Crippen LogP contribution in [0.3, 0.4) is 0 Å². The highest BCUT2D eigenvalue weighted by molar-refractivity contribution is 7.04. The van der Waals surface area contributed by atoms with Gasteiger partial charge in [-0.15, -0.1) is 0 Å². The van der Waals surface area contributed by atoms with Crippen LogP contribution in [0.5, 0.6) is 0 Å². The molecule has 1 N–H and O–H groups in total. The Morgan fingerprint density at radius 3 is 2.43 bits per heavy atom. The Hall–Kier alpha value is -1.13. The Labute approximate surface area is 144 Å². The summed E-state index contributed by atoms with van der Waals surface area (Å²) < 4.78 is 0. The summed E-state index contributed by atoms with van der Waals surface area (Å²) in [5, 5.41) is 13.2. The fourth-order valence-corrected chi connectivity index (χ4v) is 8.66. The van der Waals surface area contributed by atoms with Crippen molar-refractivity contribution in [2.24, 2.45) is 0 Å². The highest BCUT2D eigenvalue weighted by Crippen LogP contribution is 2.33. The highest BCUT2D eigenvalue weighted by Gasteiger charge is 2.52. The molecule has 1 aliphatic rings. The maximum absolute atomic E-state index is 9.53. The van der Waals surface area contributed by atoms with Gasteiger partial charge in [-0.3, -0.25) is 4.90 Å². The van der Waals surface area contributed by atoms with E-state index < -0.39 is 8.07 Å². The molecule has 2 aromatic rings. The lowest BCUT2D eigenvalue weighted by molar-refractivity contribution is 0.129. The van der Waals surface area contributed by atoms with Gasteiger partial charge in [0, 0.05) is 23.3 Å². The van der Waals surface area contributed by atoms with Gasteiger partial charge < -0.3 is 5.11 Å². The van der Waals surface area contributed by atoms with Crippen LogP contribution in [0.1, 0.15) is 19.4 Å². The zero-order valence-electron chi connectivity index (χ0n) is 14.0. The fraction of sp³-hybridized carbons (Fsp3) is 0.368. The predicted molar refractivity (Wildman–Crippen MR) is 100 cm³/mol. The molecule has 0 bridgehead atoms. The zero-order valence-corrected chi connectivity index (χ0v) is 15.8. The normalized spacial score (nSPS) is 23.5. The van der Waals surface area contributed by atoms with Crippen LogP contribution in [0, 0.1) is 0 Å². The van der Waals surface area contributed by atoms with E-state index in [9.17, 15) is 5.11 Å². The van der Waals surface area contributed by atoms with Crippen molar-refractivity contribution in [2.45, 2.75) is 32.1 Å². The molecule has 0 radical (unpaired) electrons. The van der Waals surface area contributed by atoms with E-state index in [1.807, 2.05) is 12.1 Å². The molecule has 0 spiro atoms. The van der Waals surface area contributed by atoms with E-state index in [-0.39, 0.29) is 11.8 Å². The van der Waals surface area contributed by atoms with E-state index >= 15 is 0 Å². The summed E-state index contributed by atoms with van der Waals surface area (Å²) in [5.41, 5.74) is 1.39. The molecule has 122 valence electrons. The first kappa shape index (κ1) is 16.7. The molecule has 0 amide bonds. The van der Waals surface area contributed by atoms with Crippen molar-refractivity contribution < 1.29 is 5.11 Å². The Morgan fingerprint density at radius 2 is 1.78 bits per heavy atom. The second-order valence-corrected chi connectivity index (χ2v) is 12.0. The van der Waals surface area contributed by atoms with Crippen LogP contribution in [-0.2, 0) is 6.54 Å². The van der Waals surface area contributed by atoms with Crippen LogP contribution in [-0.4, -0.2) is 36.4 Å². The van der Waals surface area contributed by atoms with Gasteiger partial charge in [-0.25, -0.2) is 0 Å². The molecular weight excluding hydrogens is 322 g/mol. The topological polar surface area (TPSA) is 23.5 Å². The van der Waals surface area contributed by atoms with Gasteiger partial charge in [0.1, 0.15) is 8.07 Å². The Morgan fingerprint density at radius 1 is 1.13 bits per heavy atom. The average Bonchev–Trinajstić information content (AvgIpc) is 2.53. The molecule has 0 saturated carbocycles. The van der Waals surface area contributed by atoms with Gasteiger partial charge in [-0.2, -0.15) is 0 Å². The molecule has 4 heteroatoms. The van der Waals surface area contributed by atoms with Crippen LogP contribution >= 0.6 is 11.6 Å². The average molecular weight is 346 g/mol. The number of benzene rings is 2. The zero-order chi connectivity index (χ0) is 16.7. The van der Waals surface area contributed by atoms with Gasteiger partial charge >= 0.3 is 0 Å². The minimum atomic E-state index is -2.03. The smallest absolute Gasteiger partial charge is 0.135 e. The number of aliphatic hydroxyl groups is 1. The van der Waals surface area contributed by atoms with Crippen molar-refractivity contribution in [3.63, 3.8) is 0 Å². The van der Waals surface area contributed by atoms with E-state index in [1.54, 1.807) is 0 Å². The lowest BCUT2D eigenvalue weighted by Crippen LogP contribution is -2.78. The molecular formula is C19H24ClNOSi. The first-order chi connectivity index (χ1) is 10.9. The minimum Gasteiger partial charge on any atom is -0.395 e. The summed E-state index contributed by atoms with van der Waals surface area (Å²) in [6.45, 7) is 8.91.